The summed E-state index contributed by atoms with van der Waals surface area (Å²) in [6.07, 6.45) is 5.19. The highest BCUT2D eigenvalue weighted by molar-refractivity contribution is 14.0. The van der Waals surface area contributed by atoms with Crippen molar-refractivity contribution >= 4 is 47.6 Å². The van der Waals surface area contributed by atoms with Crippen LogP contribution in [0.1, 0.15) is 59.8 Å². The fraction of sp³-hybridized carbons (Fsp3) is 0.909. The maximum Gasteiger partial charge on any atom is 0.225 e. The summed E-state index contributed by atoms with van der Waals surface area (Å²) in [4.78, 5) is 21.7. The van der Waals surface area contributed by atoms with Crippen molar-refractivity contribution in [3.63, 3.8) is 0 Å². The molecule has 2 aliphatic rings. The number of guanidine groups is 1. The van der Waals surface area contributed by atoms with E-state index < -0.39 is 0 Å². The van der Waals surface area contributed by atoms with Crippen molar-refractivity contribution in [3.05, 3.63) is 0 Å². The number of hydrogen-bond donors (Lipinski definition) is 2. The van der Waals surface area contributed by atoms with E-state index >= 15 is 0 Å². The van der Waals surface area contributed by atoms with Gasteiger partial charge in [-0.3, -0.25) is 14.7 Å². The highest BCUT2D eigenvalue weighted by Gasteiger charge is 2.30. The molecule has 6 nitrogen and oxygen atoms in total. The van der Waals surface area contributed by atoms with Crippen LogP contribution < -0.4 is 10.6 Å². The van der Waals surface area contributed by atoms with Gasteiger partial charge < -0.3 is 15.5 Å². The van der Waals surface area contributed by atoms with E-state index in [0.717, 1.165) is 75.7 Å². The van der Waals surface area contributed by atoms with Crippen molar-refractivity contribution in [2.45, 2.75) is 77.9 Å². The van der Waals surface area contributed by atoms with Gasteiger partial charge in [0.15, 0.2) is 5.96 Å². The molecule has 1 amide bonds. The molecule has 0 atom stereocenters. The molecule has 2 N–H and O–H groups in total. The zero-order valence-corrected chi connectivity index (χ0v) is 22.8. The second kappa shape index (κ2) is 14.8. The largest absolute Gasteiger partial charge is 0.356 e. The Bertz CT molecular complexity index is 510. The molecule has 0 spiro atoms. The normalized spacial score (nSPS) is 22.9. The van der Waals surface area contributed by atoms with E-state index in [-0.39, 0.29) is 29.9 Å². The van der Waals surface area contributed by atoms with Crippen molar-refractivity contribution in [3.8, 4) is 0 Å². The summed E-state index contributed by atoms with van der Waals surface area (Å²) in [6.45, 7) is 12.9. The van der Waals surface area contributed by atoms with Gasteiger partial charge in [-0.2, -0.15) is 11.8 Å². The molecule has 0 unspecified atom stereocenters. The molecule has 1 aliphatic carbocycles. The molecule has 0 bridgehead atoms. The summed E-state index contributed by atoms with van der Waals surface area (Å²) >= 11 is 1.96. The lowest BCUT2D eigenvalue weighted by atomic mass is 9.85. The molecule has 2 rings (SSSR count). The Hall–Kier alpha value is -0.220. The Labute approximate surface area is 205 Å². The van der Waals surface area contributed by atoms with E-state index in [1.165, 1.54) is 0 Å². The Kier molecular flexibility index (Phi) is 13.7. The van der Waals surface area contributed by atoms with Gasteiger partial charge in [-0.05, 0) is 59.8 Å². The monoisotopic (exact) mass is 553 g/mol. The van der Waals surface area contributed by atoms with Crippen LogP contribution in [0.4, 0.5) is 0 Å². The Morgan fingerprint density at radius 3 is 2.23 bits per heavy atom. The van der Waals surface area contributed by atoms with Gasteiger partial charge in [-0.1, -0.05) is 0 Å². The fourth-order valence-corrected chi connectivity index (χ4v) is 5.40. The molecule has 8 heteroatoms. The predicted molar refractivity (Wildman–Crippen MR) is 141 cm³/mol. The number of carbonyl (C=O) groups is 1. The van der Waals surface area contributed by atoms with Crippen molar-refractivity contribution in [1.29, 1.82) is 0 Å². The van der Waals surface area contributed by atoms with E-state index in [1.807, 2.05) is 18.8 Å². The van der Waals surface area contributed by atoms with E-state index in [1.54, 1.807) is 0 Å². The number of rotatable bonds is 8. The number of nitrogens with zero attached hydrogens (tertiary/aromatic N) is 3. The molecular formula is C22H44IN5OS. The topological polar surface area (TPSA) is 60.0 Å². The first-order valence-electron chi connectivity index (χ1n) is 11.5. The highest BCUT2D eigenvalue weighted by atomic mass is 127. The van der Waals surface area contributed by atoms with Crippen molar-refractivity contribution in [2.75, 3.05) is 44.7 Å². The zero-order valence-electron chi connectivity index (χ0n) is 19.7. The molecule has 2 fully saturated rings. The summed E-state index contributed by atoms with van der Waals surface area (Å²) in [5.41, 5.74) is 0. The molecule has 176 valence electrons. The van der Waals surface area contributed by atoms with Gasteiger partial charge >= 0.3 is 0 Å². The van der Waals surface area contributed by atoms with Crippen molar-refractivity contribution < 1.29 is 4.79 Å². The quantitative estimate of drug-likeness (QED) is 0.209. The van der Waals surface area contributed by atoms with Crippen LogP contribution in [-0.2, 0) is 4.79 Å². The molecule has 1 saturated carbocycles. The number of carbonyl (C=O) groups excluding carboxylic acids is 1. The molecule has 0 radical (unpaired) electrons. The minimum Gasteiger partial charge on any atom is -0.356 e. The number of hydrogen-bond acceptors (Lipinski definition) is 4. The van der Waals surface area contributed by atoms with Gasteiger partial charge in [0.05, 0.1) is 0 Å². The SMILES string of the molecule is CN=C(NCCCN(C(C)C)C(C)C)NC1CCC(C(=O)N2CCSCC2)CC1.I. The van der Waals surface area contributed by atoms with Crippen molar-refractivity contribution in [1.82, 2.24) is 20.4 Å². The minimum atomic E-state index is 0. The van der Waals surface area contributed by atoms with Crippen LogP contribution in [0.5, 0.6) is 0 Å². The first-order valence-corrected chi connectivity index (χ1v) is 12.7. The van der Waals surface area contributed by atoms with Crippen LogP contribution in [0, 0.1) is 5.92 Å². The fourth-order valence-electron chi connectivity index (χ4n) is 4.50. The maximum absolute atomic E-state index is 12.7. The molecule has 0 aromatic carbocycles. The number of halogens is 1. The number of amides is 1. The summed E-state index contributed by atoms with van der Waals surface area (Å²) in [7, 11) is 1.84. The standard InChI is InChI=1S/C22H43N5OS.HI/c1-17(2)27(18(3)4)12-6-11-24-22(23-5)25-20-9-7-19(8-10-20)21(28)26-13-15-29-16-14-26;/h17-20H,6-16H2,1-5H3,(H2,23,24,25);1H. The molecule has 0 aromatic heterocycles. The Balaban J connectivity index is 0.00000450. The third-order valence-electron chi connectivity index (χ3n) is 6.18. The summed E-state index contributed by atoms with van der Waals surface area (Å²) in [6, 6.07) is 1.58. The lowest BCUT2D eigenvalue weighted by molar-refractivity contribution is -0.136. The third kappa shape index (κ3) is 9.10. The number of thioether (sulfide) groups is 1. The van der Waals surface area contributed by atoms with E-state index in [4.69, 9.17) is 0 Å². The molecule has 1 saturated heterocycles. The second-order valence-electron chi connectivity index (χ2n) is 8.91. The van der Waals surface area contributed by atoms with Crippen LogP contribution in [0.2, 0.25) is 0 Å². The third-order valence-corrected chi connectivity index (χ3v) is 7.12. The number of aliphatic imine (C=N–C) groups is 1. The molecule has 1 aliphatic heterocycles. The molecular weight excluding hydrogens is 509 g/mol. The lowest BCUT2D eigenvalue weighted by Gasteiger charge is -2.34. The maximum atomic E-state index is 12.7. The molecule has 1 heterocycles. The first-order chi connectivity index (χ1) is 13.9. The van der Waals surface area contributed by atoms with Gasteiger partial charge in [0.25, 0.3) is 0 Å². The van der Waals surface area contributed by atoms with E-state index in [0.29, 0.717) is 24.0 Å². The summed E-state index contributed by atoms with van der Waals surface area (Å²) < 4.78 is 0. The van der Waals surface area contributed by atoms with Crippen LogP contribution in [0.3, 0.4) is 0 Å². The van der Waals surface area contributed by atoms with Crippen LogP contribution in [0.15, 0.2) is 4.99 Å². The zero-order chi connectivity index (χ0) is 21.2. The summed E-state index contributed by atoms with van der Waals surface area (Å²) in [5.74, 6) is 3.71. The van der Waals surface area contributed by atoms with Gasteiger partial charge in [0.1, 0.15) is 0 Å². The number of nitrogens with one attached hydrogen (secondary N) is 2. The van der Waals surface area contributed by atoms with Gasteiger partial charge in [0, 0.05) is 68.8 Å². The summed E-state index contributed by atoms with van der Waals surface area (Å²) in [5, 5.41) is 7.05. The Morgan fingerprint density at radius 1 is 1.10 bits per heavy atom. The van der Waals surface area contributed by atoms with Gasteiger partial charge in [0.2, 0.25) is 5.91 Å². The average molecular weight is 554 g/mol. The molecule has 30 heavy (non-hydrogen) atoms. The lowest BCUT2D eigenvalue weighted by Crippen LogP contribution is -2.47. The van der Waals surface area contributed by atoms with E-state index in [9.17, 15) is 4.79 Å². The highest BCUT2D eigenvalue weighted by Crippen LogP contribution is 2.27. The second-order valence-corrected chi connectivity index (χ2v) is 10.1. The van der Waals surface area contributed by atoms with Crippen molar-refractivity contribution in [2.24, 2.45) is 10.9 Å². The Morgan fingerprint density at radius 2 is 1.70 bits per heavy atom. The van der Waals surface area contributed by atoms with Crippen LogP contribution >= 0.6 is 35.7 Å². The molecule has 0 aromatic rings. The van der Waals surface area contributed by atoms with Crippen LogP contribution in [0.25, 0.3) is 0 Å². The van der Waals surface area contributed by atoms with Gasteiger partial charge in [-0.15, -0.1) is 24.0 Å². The van der Waals surface area contributed by atoms with Gasteiger partial charge in [-0.25, -0.2) is 0 Å². The smallest absolute Gasteiger partial charge is 0.225 e. The first kappa shape index (κ1) is 27.8. The predicted octanol–water partition coefficient (Wildman–Crippen LogP) is 3.41. The average Bonchev–Trinajstić information content (AvgIpc) is 2.72. The van der Waals surface area contributed by atoms with Crippen LogP contribution in [-0.4, -0.2) is 84.5 Å². The van der Waals surface area contributed by atoms with E-state index in [2.05, 4.69) is 53.1 Å². The minimum absolute atomic E-state index is 0.